The Balaban J connectivity index is 1.86. The standard InChI is InChI=1S/C23H24F6N2O3S/c1-13-7-14(2)20(15(3)8-13)35(33,34)31-6-4-5-16(12-31)21(32)30-19-10-17(22(24,25)26)9-18(11-19)23(27,28)29/h7-11,16H,4-6,12H2,1-3H3,(H,30,32)/t16-/m1/s1. The molecular formula is C23H24F6N2O3S. The number of sulfonamides is 1. The summed E-state index contributed by atoms with van der Waals surface area (Å²) in [4.78, 5) is 12.9. The number of carbonyl (C=O) groups is 1. The van der Waals surface area contributed by atoms with Gasteiger partial charge in [0.1, 0.15) is 0 Å². The number of alkyl halides is 6. The van der Waals surface area contributed by atoms with Gasteiger partial charge in [-0.05, 0) is 62.9 Å². The maximum atomic E-state index is 13.3. The van der Waals surface area contributed by atoms with Crippen LogP contribution in [0.15, 0.2) is 35.2 Å². The molecule has 1 aliphatic heterocycles. The summed E-state index contributed by atoms with van der Waals surface area (Å²) in [5, 5.41) is 2.12. The van der Waals surface area contributed by atoms with Gasteiger partial charge in [0.15, 0.2) is 0 Å². The smallest absolute Gasteiger partial charge is 0.326 e. The van der Waals surface area contributed by atoms with Gasteiger partial charge in [-0.2, -0.15) is 30.6 Å². The van der Waals surface area contributed by atoms with Crippen molar-refractivity contribution >= 4 is 21.6 Å². The summed E-state index contributed by atoms with van der Waals surface area (Å²) in [6.45, 7) is 5.04. The van der Waals surface area contributed by atoms with Crippen LogP contribution >= 0.6 is 0 Å². The Morgan fingerprint density at radius 2 is 1.43 bits per heavy atom. The Hall–Kier alpha value is -2.60. The summed E-state index contributed by atoms with van der Waals surface area (Å²) in [5.41, 5.74) is -1.81. The molecule has 1 fully saturated rings. The zero-order chi connectivity index (χ0) is 26.3. The lowest BCUT2D eigenvalue weighted by Crippen LogP contribution is -2.44. The number of piperidine rings is 1. The minimum atomic E-state index is -5.06. The lowest BCUT2D eigenvalue weighted by molar-refractivity contribution is -0.143. The first-order valence-corrected chi connectivity index (χ1v) is 12.1. The van der Waals surface area contributed by atoms with Crippen LogP contribution < -0.4 is 5.32 Å². The van der Waals surface area contributed by atoms with Crippen LogP contribution in [0.5, 0.6) is 0 Å². The molecule has 0 radical (unpaired) electrons. The number of nitrogens with zero attached hydrogens (tertiary/aromatic N) is 1. The zero-order valence-corrected chi connectivity index (χ0v) is 20.0. The largest absolute Gasteiger partial charge is 0.416 e. The molecule has 1 heterocycles. The lowest BCUT2D eigenvalue weighted by Gasteiger charge is -2.32. The summed E-state index contributed by atoms with van der Waals surface area (Å²) in [6.07, 6.45) is -9.58. The lowest BCUT2D eigenvalue weighted by atomic mass is 9.98. The van der Waals surface area contributed by atoms with Crippen LogP contribution in [0.25, 0.3) is 0 Å². The van der Waals surface area contributed by atoms with Crippen molar-refractivity contribution in [2.24, 2.45) is 5.92 Å². The number of amides is 1. The van der Waals surface area contributed by atoms with Gasteiger partial charge in [0, 0.05) is 18.8 Å². The van der Waals surface area contributed by atoms with Crippen molar-refractivity contribution < 1.29 is 39.6 Å². The van der Waals surface area contributed by atoms with E-state index in [0.717, 1.165) is 9.87 Å². The number of rotatable bonds is 4. The van der Waals surface area contributed by atoms with E-state index in [1.54, 1.807) is 26.0 Å². The van der Waals surface area contributed by atoms with Gasteiger partial charge in [-0.25, -0.2) is 8.42 Å². The van der Waals surface area contributed by atoms with Crippen LogP contribution in [-0.2, 0) is 27.2 Å². The number of benzene rings is 2. The third kappa shape index (κ3) is 5.97. The summed E-state index contributed by atoms with van der Waals surface area (Å²) >= 11 is 0. The molecule has 2 aromatic carbocycles. The third-order valence-corrected chi connectivity index (χ3v) is 7.98. The first-order valence-electron chi connectivity index (χ1n) is 10.7. The molecule has 0 aliphatic carbocycles. The molecule has 0 bridgehead atoms. The van der Waals surface area contributed by atoms with Gasteiger partial charge >= 0.3 is 12.4 Å². The fourth-order valence-corrected chi connectivity index (χ4v) is 6.28. The molecule has 35 heavy (non-hydrogen) atoms. The topological polar surface area (TPSA) is 66.5 Å². The number of nitrogens with one attached hydrogen (secondary N) is 1. The van der Waals surface area contributed by atoms with E-state index in [4.69, 9.17) is 0 Å². The molecule has 192 valence electrons. The van der Waals surface area contributed by atoms with Crippen LogP contribution in [0.4, 0.5) is 32.0 Å². The first kappa shape index (κ1) is 27.0. The second-order valence-corrected chi connectivity index (χ2v) is 10.6. The molecule has 1 saturated heterocycles. The number of hydrogen-bond acceptors (Lipinski definition) is 3. The molecule has 1 N–H and O–H groups in total. The monoisotopic (exact) mass is 522 g/mol. The van der Waals surface area contributed by atoms with Crippen LogP contribution in [0.1, 0.15) is 40.7 Å². The number of anilines is 1. The maximum absolute atomic E-state index is 13.3. The second-order valence-electron chi connectivity index (χ2n) is 8.71. The highest BCUT2D eigenvalue weighted by Gasteiger charge is 2.38. The Bertz CT molecular complexity index is 1180. The van der Waals surface area contributed by atoms with E-state index in [9.17, 15) is 39.6 Å². The first-order chi connectivity index (χ1) is 16.0. The number of halogens is 6. The van der Waals surface area contributed by atoms with Gasteiger partial charge in [-0.15, -0.1) is 0 Å². The molecule has 2 aromatic rings. The van der Waals surface area contributed by atoms with E-state index in [1.807, 2.05) is 6.92 Å². The van der Waals surface area contributed by atoms with Gasteiger partial charge in [0.05, 0.1) is 21.9 Å². The van der Waals surface area contributed by atoms with Crippen molar-refractivity contribution in [3.63, 3.8) is 0 Å². The number of aryl methyl sites for hydroxylation is 3. The van der Waals surface area contributed by atoms with Crippen LogP contribution in [0, 0.1) is 26.7 Å². The molecule has 3 rings (SSSR count). The summed E-state index contributed by atoms with van der Waals surface area (Å²) in [7, 11) is -3.98. The summed E-state index contributed by atoms with van der Waals surface area (Å²) < 4.78 is 106. The second kappa shape index (κ2) is 9.45. The van der Waals surface area contributed by atoms with Crippen molar-refractivity contribution in [3.8, 4) is 0 Å². The maximum Gasteiger partial charge on any atom is 0.416 e. The highest BCUT2D eigenvalue weighted by atomic mass is 32.2. The van der Waals surface area contributed by atoms with Crippen LogP contribution in [-0.4, -0.2) is 31.7 Å². The fourth-order valence-electron chi connectivity index (χ4n) is 4.35. The van der Waals surface area contributed by atoms with Gasteiger partial charge < -0.3 is 5.32 Å². The van der Waals surface area contributed by atoms with Gasteiger partial charge in [-0.3, -0.25) is 4.79 Å². The van der Waals surface area contributed by atoms with E-state index < -0.39 is 51.0 Å². The minimum absolute atomic E-state index is 0.0309. The molecule has 1 amide bonds. The molecule has 5 nitrogen and oxygen atoms in total. The highest BCUT2D eigenvalue weighted by molar-refractivity contribution is 7.89. The molecule has 0 saturated carbocycles. The van der Waals surface area contributed by atoms with Crippen molar-refractivity contribution in [2.75, 3.05) is 18.4 Å². The van der Waals surface area contributed by atoms with Crippen molar-refractivity contribution in [1.29, 1.82) is 0 Å². The molecule has 0 spiro atoms. The van der Waals surface area contributed by atoms with Gasteiger partial charge in [0.2, 0.25) is 15.9 Å². The SMILES string of the molecule is Cc1cc(C)c(S(=O)(=O)N2CCC[C@@H](C(=O)Nc3cc(C(F)(F)F)cc(C(F)(F)F)c3)C2)c(C)c1. The average molecular weight is 523 g/mol. The van der Waals surface area contributed by atoms with Crippen molar-refractivity contribution in [3.05, 3.63) is 58.1 Å². The Morgan fingerprint density at radius 1 is 0.914 bits per heavy atom. The summed E-state index contributed by atoms with van der Waals surface area (Å²) in [6, 6.07) is 4.25. The Kier molecular flexibility index (Phi) is 7.29. The quantitative estimate of drug-likeness (QED) is 0.525. The fraction of sp³-hybridized carbons (Fsp3) is 0.435. The van der Waals surface area contributed by atoms with Crippen LogP contribution in [0.2, 0.25) is 0 Å². The van der Waals surface area contributed by atoms with Crippen LogP contribution in [0.3, 0.4) is 0 Å². The van der Waals surface area contributed by atoms with Crippen molar-refractivity contribution in [2.45, 2.75) is 50.9 Å². The predicted molar refractivity (Wildman–Crippen MR) is 117 cm³/mol. The van der Waals surface area contributed by atoms with Crippen molar-refractivity contribution in [1.82, 2.24) is 4.31 Å². The van der Waals surface area contributed by atoms with E-state index >= 15 is 0 Å². The molecule has 12 heteroatoms. The molecule has 0 aromatic heterocycles. The Morgan fingerprint density at radius 3 is 1.91 bits per heavy atom. The van der Waals surface area contributed by atoms with Gasteiger partial charge in [0.25, 0.3) is 0 Å². The Labute approximate surface area is 199 Å². The molecule has 1 aliphatic rings. The normalized spacial score (nSPS) is 17.9. The van der Waals surface area contributed by atoms with E-state index in [0.29, 0.717) is 29.7 Å². The number of carbonyl (C=O) groups excluding carboxylic acids is 1. The molecule has 1 atom stereocenters. The zero-order valence-electron chi connectivity index (χ0n) is 19.1. The van der Waals surface area contributed by atoms with E-state index in [-0.39, 0.29) is 30.5 Å². The molecular weight excluding hydrogens is 498 g/mol. The van der Waals surface area contributed by atoms with Gasteiger partial charge in [-0.1, -0.05) is 17.7 Å². The average Bonchev–Trinajstić information content (AvgIpc) is 2.71. The minimum Gasteiger partial charge on any atom is -0.326 e. The number of hydrogen-bond donors (Lipinski definition) is 1. The van der Waals surface area contributed by atoms with E-state index in [2.05, 4.69) is 5.32 Å². The summed E-state index contributed by atoms with van der Waals surface area (Å²) in [5.74, 6) is -1.80. The van der Waals surface area contributed by atoms with E-state index in [1.165, 1.54) is 0 Å². The highest BCUT2D eigenvalue weighted by Crippen LogP contribution is 2.38. The third-order valence-electron chi connectivity index (χ3n) is 5.81. The predicted octanol–water partition coefficient (Wildman–Crippen LogP) is 5.69. The molecule has 0 unspecified atom stereocenters.